The van der Waals surface area contributed by atoms with Crippen molar-refractivity contribution in [3.8, 4) is 0 Å². The first-order valence-corrected chi connectivity index (χ1v) is 10.4. The molecule has 0 aromatic carbocycles. The smallest absolute Gasteiger partial charge is 0.390 e. The highest BCUT2D eigenvalue weighted by Gasteiger charge is 1.94. The Morgan fingerprint density at radius 2 is 1.09 bits per heavy atom. The van der Waals surface area contributed by atoms with Crippen LogP contribution in [0.4, 0.5) is 0 Å². The van der Waals surface area contributed by atoms with Crippen LogP contribution >= 0.6 is 8.60 Å². The van der Waals surface area contributed by atoms with Crippen molar-refractivity contribution in [3.63, 3.8) is 0 Å². The molecule has 0 aromatic heterocycles. The van der Waals surface area contributed by atoms with Crippen LogP contribution in [0.15, 0.2) is 12.3 Å². The van der Waals surface area contributed by atoms with E-state index in [1.807, 2.05) is 6.08 Å². The second kappa shape index (κ2) is 18.9. The average Bonchev–Trinajstić information content (AvgIpc) is 2.50. The van der Waals surface area contributed by atoms with Crippen molar-refractivity contribution in [3.05, 3.63) is 12.3 Å². The fourth-order valence-electron chi connectivity index (χ4n) is 2.62. The highest BCUT2D eigenvalue weighted by Crippen LogP contribution is 2.24. The van der Waals surface area contributed by atoms with E-state index in [-0.39, 0.29) is 0 Å². The predicted molar refractivity (Wildman–Crippen MR) is 96.5 cm³/mol. The van der Waals surface area contributed by atoms with Crippen molar-refractivity contribution in [2.45, 2.75) is 103 Å². The van der Waals surface area contributed by atoms with Gasteiger partial charge in [0.05, 0.1) is 6.26 Å². The Balaban J connectivity index is 3.01. The van der Waals surface area contributed by atoms with Crippen molar-refractivity contribution in [2.75, 3.05) is 0 Å². The van der Waals surface area contributed by atoms with Gasteiger partial charge in [-0.05, 0) is 18.9 Å². The summed E-state index contributed by atoms with van der Waals surface area (Å²) in [4.78, 5) is 17.0. The molecule has 4 heteroatoms. The van der Waals surface area contributed by atoms with Crippen LogP contribution in [0.1, 0.15) is 103 Å². The van der Waals surface area contributed by atoms with E-state index in [2.05, 4.69) is 11.4 Å². The SMILES string of the molecule is CCCCCCCCCCCCCCCCC=COP(O)O. The Hall–Kier alpha value is -0.110. The second-order valence-electron chi connectivity index (χ2n) is 6.11. The summed E-state index contributed by atoms with van der Waals surface area (Å²) in [6.07, 6.45) is 23.4. The zero-order valence-corrected chi connectivity index (χ0v) is 15.4. The summed E-state index contributed by atoms with van der Waals surface area (Å²) in [6, 6.07) is 0. The molecule has 0 aliphatic carbocycles. The third-order valence-corrected chi connectivity index (χ3v) is 4.29. The zero-order chi connectivity index (χ0) is 16.3. The Bertz CT molecular complexity index is 232. The summed E-state index contributed by atoms with van der Waals surface area (Å²) in [5.74, 6) is 0. The van der Waals surface area contributed by atoms with Gasteiger partial charge in [-0.25, -0.2) is 0 Å². The molecule has 0 aromatic rings. The van der Waals surface area contributed by atoms with Crippen molar-refractivity contribution in [2.24, 2.45) is 0 Å². The van der Waals surface area contributed by atoms with Crippen LogP contribution in [-0.2, 0) is 4.52 Å². The van der Waals surface area contributed by atoms with Crippen molar-refractivity contribution in [1.82, 2.24) is 0 Å². The normalized spacial score (nSPS) is 11.6. The van der Waals surface area contributed by atoms with E-state index in [0.717, 1.165) is 12.8 Å². The highest BCUT2D eigenvalue weighted by molar-refractivity contribution is 7.39. The third kappa shape index (κ3) is 19.9. The van der Waals surface area contributed by atoms with Gasteiger partial charge in [-0.1, -0.05) is 90.4 Å². The Labute approximate surface area is 139 Å². The highest BCUT2D eigenvalue weighted by atomic mass is 31.2. The molecule has 0 rings (SSSR count). The summed E-state index contributed by atoms with van der Waals surface area (Å²) in [5, 5.41) is 0. The molecule has 0 fully saturated rings. The number of hydrogen-bond acceptors (Lipinski definition) is 3. The lowest BCUT2D eigenvalue weighted by atomic mass is 10.0. The fourth-order valence-corrected chi connectivity index (χ4v) is 2.82. The van der Waals surface area contributed by atoms with Crippen LogP contribution in [0.25, 0.3) is 0 Å². The van der Waals surface area contributed by atoms with E-state index >= 15 is 0 Å². The molecule has 0 amide bonds. The number of rotatable bonds is 17. The first-order valence-electron chi connectivity index (χ1n) is 9.27. The molecule has 0 aliphatic heterocycles. The van der Waals surface area contributed by atoms with Crippen LogP contribution in [0, 0.1) is 0 Å². The lowest BCUT2D eigenvalue weighted by Gasteiger charge is -2.03. The second-order valence-corrected chi connectivity index (χ2v) is 6.83. The molecule has 0 saturated heterocycles. The summed E-state index contributed by atoms with van der Waals surface area (Å²) in [6.45, 7) is 2.27. The van der Waals surface area contributed by atoms with E-state index in [1.165, 1.54) is 89.7 Å². The van der Waals surface area contributed by atoms with Crippen LogP contribution in [0.3, 0.4) is 0 Å². The Morgan fingerprint density at radius 1 is 0.682 bits per heavy atom. The number of hydrogen-bond donors (Lipinski definition) is 2. The minimum absolute atomic E-state index is 0.960. The lowest BCUT2D eigenvalue weighted by molar-refractivity contribution is 0.341. The molecule has 0 unspecified atom stereocenters. The molecular weight excluding hydrogens is 295 g/mol. The molecule has 0 bridgehead atoms. The van der Waals surface area contributed by atoms with Gasteiger partial charge in [0.25, 0.3) is 0 Å². The van der Waals surface area contributed by atoms with Gasteiger partial charge in [-0.2, -0.15) is 0 Å². The van der Waals surface area contributed by atoms with E-state index in [9.17, 15) is 0 Å². The van der Waals surface area contributed by atoms with Crippen LogP contribution in [0.5, 0.6) is 0 Å². The van der Waals surface area contributed by atoms with E-state index < -0.39 is 8.60 Å². The van der Waals surface area contributed by atoms with Crippen LogP contribution in [-0.4, -0.2) is 9.79 Å². The van der Waals surface area contributed by atoms with Crippen LogP contribution < -0.4 is 0 Å². The maximum atomic E-state index is 8.52. The molecule has 0 aliphatic rings. The van der Waals surface area contributed by atoms with Gasteiger partial charge >= 0.3 is 8.60 Å². The monoisotopic (exact) mass is 332 g/mol. The quantitative estimate of drug-likeness (QED) is 0.179. The standard InChI is InChI=1S/C18H37O3P/c1-2-3-4-5-6-7-8-9-10-11-12-13-14-15-16-17-18-21-22(19)20/h17-20H,2-16H2,1H3. The summed E-state index contributed by atoms with van der Waals surface area (Å²) in [7, 11) is -2.23. The van der Waals surface area contributed by atoms with Crippen molar-refractivity contribution >= 4 is 8.60 Å². The lowest BCUT2D eigenvalue weighted by Crippen LogP contribution is -1.83. The van der Waals surface area contributed by atoms with Crippen molar-refractivity contribution in [1.29, 1.82) is 0 Å². The fraction of sp³-hybridized carbons (Fsp3) is 0.889. The largest absolute Gasteiger partial charge is 0.435 e. The predicted octanol–water partition coefficient (Wildman–Crippen LogP) is 6.60. The molecule has 132 valence electrons. The Kier molecular flexibility index (Phi) is 18.8. The van der Waals surface area contributed by atoms with Gasteiger partial charge in [-0.15, -0.1) is 0 Å². The molecule has 0 heterocycles. The maximum Gasteiger partial charge on any atom is 0.390 e. The van der Waals surface area contributed by atoms with E-state index in [0.29, 0.717) is 0 Å². The maximum absolute atomic E-state index is 8.52. The summed E-state index contributed by atoms with van der Waals surface area (Å²) in [5.41, 5.74) is 0. The van der Waals surface area contributed by atoms with Gasteiger partial charge in [0.1, 0.15) is 0 Å². The first kappa shape index (κ1) is 21.9. The molecule has 2 N–H and O–H groups in total. The minimum atomic E-state index is -2.23. The topological polar surface area (TPSA) is 49.7 Å². The summed E-state index contributed by atoms with van der Waals surface area (Å²) >= 11 is 0. The Morgan fingerprint density at radius 3 is 1.50 bits per heavy atom. The number of unbranched alkanes of at least 4 members (excludes halogenated alkanes) is 14. The van der Waals surface area contributed by atoms with Crippen molar-refractivity contribution < 1.29 is 14.3 Å². The van der Waals surface area contributed by atoms with Gasteiger partial charge < -0.3 is 14.3 Å². The van der Waals surface area contributed by atoms with E-state index in [4.69, 9.17) is 9.79 Å². The molecule has 0 spiro atoms. The van der Waals surface area contributed by atoms with Gasteiger partial charge in [0.15, 0.2) is 0 Å². The molecular formula is C18H37O3P. The average molecular weight is 332 g/mol. The first-order chi connectivity index (χ1) is 10.8. The van der Waals surface area contributed by atoms with Crippen LogP contribution in [0.2, 0.25) is 0 Å². The number of allylic oxidation sites excluding steroid dienone is 1. The zero-order valence-electron chi connectivity index (χ0n) is 14.5. The minimum Gasteiger partial charge on any atom is -0.435 e. The van der Waals surface area contributed by atoms with Gasteiger partial charge in [-0.3, -0.25) is 0 Å². The van der Waals surface area contributed by atoms with E-state index in [1.54, 1.807) is 0 Å². The molecule has 3 nitrogen and oxygen atoms in total. The molecule has 22 heavy (non-hydrogen) atoms. The molecule has 0 saturated carbocycles. The molecule has 0 radical (unpaired) electrons. The molecule has 0 atom stereocenters. The third-order valence-electron chi connectivity index (χ3n) is 3.98. The van der Waals surface area contributed by atoms with Gasteiger partial charge in [0.2, 0.25) is 0 Å². The van der Waals surface area contributed by atoms with Gasteiger partial charge in [0, 0.05) is 0 Å². The summed E-state index contributed by atoms with van der Waals surface area (Å²) < 4.78 is 4.56.